The number of azo groups is 1. The summed E-state index contributed by atoms with van der Waals surface area (Å²) < 4.78 is 0. The van der Waals surface area contributed by atoms with Crippen molar-refractivity contribution in [1.82, 2.24) is 0 Å². The van der Waals surface area contributed by atoms with Crippen LogP contribution in [-0.2, 0) is 0 Å². The lowest BCUT2D eigenvalue weighted by Gasteiger charge is -2.23. The molecule has 2 rings (SSSR count). The maximum absolute atomic E-state index is 9.23. The van der Waals surface area contributed by atoms with Crippen LogP contribution in [0.4, 0.5) is 17.1 Å². The molecule has 21 heavy (non-hydrogen) atoms. The van der Waals surface area contributed by atoms with Crippen LogP contribution in [0.25, 0.3) is 0 Å². The van der Waals surface area contributed by atoms with Crippen molar-refractivity contribution < 1.29 is 5.11 Å². The number of hydrogen-bond donors (Lipinski definition) is 1. The van der Waals surface area contributed by atoms with Crippen LogP contribution in [0.3, 0.4) is 0 Å². The van der Waals surface area contributed by atoms with Crippen molar-refractivity contribution in [3.63, 3.8) is 0 Å². The molecule has 0 atom stereocenters. The largest absolute Gasteiger partial charge is 0.508 e. The van der Waals surface area contributed by atoms with Crippen LogP contribution in [0.5, 0.6) is 5.75 Å². The Morgan fingerprint density at radius 2 is 1.48 bits per heavy atom. The predicted octanol–water partition coefficient (Wildman–Crippen LogP) is 4.96. The van der Waals surface area contributed by atoms with E-state index in [0.29, 0.717) is 0 Å². The Hall–Kier alpha value is -2.36. The Bertz CT molecular complexity index is 616. The minimum atomic E-state index is 0.230. The Balaban J connectivity index is 2.18. The van der Waals surface area contributed by atoms with Gasteiger partial charge in [-0.1, -0.05) is 0 Å². The molecule has 2 aromatic rings. The van der Waals surface area contributed by atoms with E-state index in [1.165, 1.54) is 11.3 Å². The first-order valence-corrected chi connectivity index (χ1v) is 7.20. The fraction of sp³-hybridized carbons (Fsp3) is 0.294. The molecule has 4 heteroatoms. The third-order valence-corrected chi connectivity index (χ3v) is 3.42. The molecule has 2 aromatic carbocycles. The molecule has 0 fully saturated rings. The molecule has 0 saturated carbocycles. The summed E-state index contributed by atoms with van der Waals surface area (Å²) in [6.07, 6.45) is 0. The van der Waals surface area contributed by atoms with Crippen LogP contribution in [-0.4, -0.2) is 18.2 Å². The zero-order chi connectivity index (χ0) is 15.2. The Kier molecular flexibility index (Phi) is 4.93. The van der Waals surface area contributed by atoms with Gasteiger partial charge in [0.05, 0.1) is 11.4 Å². The van der Waals surface area contributed by atoms with E-state index >= 15 is 0 Å². The number of anilines is 1. The zero-order valence-corrected chi connectivity index (χ0v) is 12.7. The molecule has 110 valence electrons. The number of aromatic hydroxyl groups is 1. The van der Waals surface area contributed by atoms with Crippen LogP contribution >= 0.6 is 0 Å². The highest BCUT2D eigenvalue weighted by Crippen LogP contribution is 2.26. The molecule has 0 saturated heterocycles. The lowest BCUT2D eigenvalue weighted by molar-refractivity contribution is 0.475. The van der Waals surface area contributed by atoms with Crippen LogP contribution in [0, 0.1) is 6.92 Å². The summed E-state index contributed by atoms with van der Waals surface area (Å²) in [4.78, 5) is 2.32. The van der Waals surface area contributed by atoms with Gasteiger partial charge in [0.2, 0.25) is 0 Å². The van der Waals surface area contributed by atoms with Crippen molar-refractivity contribution in [2.45, 2.75) is 20.8 Å². The van der Waals surface area contributed by atoms with Crippen molar-refractivity contribution >= 4 is 17.1 Å². The van der Waals surface area contributed by atoms with Gasteiger partial charge in [0.1, 0.15) is 5.75 Å². The first kappa shape index (κ1) is 15.0. The van der Waals surface area contributed by atoms with Crippen LogP contribution in [0.1, 0.15) is 19.4 Å². The quantitative estimate of drug-likeness (QED) is 0.788. The second-order valence-corrected chi connectivity index (χ2v) is 4.86. The number of benzene rings is 2. The van der Waals surface area contributed by atoms with Crippen LogP contribution in [0.2, 0.25) is 0 Å². The van der Waals surface area contributed by atoms with E-state index < -0.39 is 0 Å². The molecule has 1 N–H and O–H groups in total. The van der Waals surface area contributed by atoms with E-state index in [0.717, 1.165) is 24.5 Å². The smallest absolute Gasteiger partial charge is 0.115 e. The van der Waals surface area contributed by atoms with Gasteiger partial charge in [-0.2, -0.15) is 10.2 Å². The summed E-state index contributed by atoms with van der Waals surface area (Å²) in [7, 11) is 0. The molecule has 0 amide bonds. The number of rotatable bonds is 5. The second-order valence-electron chi connectivity index (χ2n) is 4.86. The van der Waals surface area contributed by atoms with Gasteiger partial charge in [0, 0.05) is 18.8 Å². The van der Waals surface area contributed by atoms with E-state index in [1.54, 1.807) is 24.3 Å². The molecule has 0 heterocycles. The molecule has 0 radical (unpaired) electrons. The van der Waals surface area contributed by atoms with Crippen molar-refractivity contribution in [3.8, 4) is 5.75 Å². The number of phenolic OH excluding ortho intramolecular Hbond substituents is 1. The molecule has 0 bridgehead atoms. The van der Waals surface area contributed by atoms with Crippen molar-refractivity contribution in [2.24, 2.45) is 10.2 Å². The summed E-state index contributed by atoms with van der Waals surface area (Å²) >= 11 is 0. The van der Waals surface area contributed by atoms with E-state index in [4.69, 9.17) is 0 Å². The summed E-state index contributed by atoms with van der Waals surface area (Å²) in [5.74, 6) is 0.230. The maximum Gasteiger partial charge on any atom is 0.115 e. The van der Waals surface area contributed by atoms with E-state index in [9.17, 15) is 5.11 Å². The molecular weight excluding hydrogens is 262 g/mol. The average molecular weight is 283 g/mol. The zero-order valence-electron chi connectivity index (χ0n) is 12.7. The second kappa shape index (κ2) is 6.88. The summed E-state index contributed by atoms with van der Waals surface area (Å²) in [5.41, 5.74) is 3.99. The third kappa shape index (κ3) is 3.81. The van der Waals surface area contributed by atoms with E-state index in [1.807, 2.05) is 12.1 Å². The number of nitrogens with zero attached hydrogens (tertiary/aromatic N) is 3. The lowest BCUT2D eigenvalue weighted by Crippen LogP contribution is -2.22. The first-order valence-electron chi connectivity index (χ1n) is 7.20. The maximum atomic E-state index is 9.23. The summed E-state index contributed by atoms with van der Waals surface area (Å²) in [6.45, 7) is 8.38. The standard InChI is InChI=1S/C17H21N3O/c1-4-20(5-2)17-11-8-15(12-13(17)3)19-18-14-6-9-16(21)10-7-14/h6-12,21H,4-5H2,1-3H3. The predicted molar refractivity (Wildman–Crippen MR) is 87.0 cm³/mol. The topological polar surface area (TPSA) is 48.2 Å². The van der Waals surface area contributed by atoms with Gasteiger partial charge in [0.25, 0.3) is 0 Å². The van der Waals surface area contributed by atoms with Gasteiger partial charge in [-0.25, -0.2) is 0 Å². The van der Waals surface area contributed by atoms with Crippen molar-refractivity contribution in [2.75, 3.05) is 18.0 Å². The van der Waals surface area contributed by atoms with Gasteiger partial charge in [-0.3, -0.25) is 0 Å². The summed E-state index contributed by atoms with van der Waals surface area (Å²) in [5, 5.41) is 17.6. The first-order chi connectivity index (χ1) is 10.1. The minimum Gasteiger partial charge on any atom is -0.508 e. The molecular formula is C17H21N3O. The molecule has 0 aromatic heterocycles. The van der Waals surface area contributed by atoms with Gasteiger partial charge >= 0.3 is 0 Å². The average Bonchev–Trinajstić information content (AvgIpc) is 2.50. The fourth-order valence-electron chi connectivity index (χ4n) is 2.26. The molecule has 0 spiro atoms. The monoisotopic (exact) mass is 283 g/mol. The van der Waals surface area contributed by atoms with Gasteiger partial charge in [0.15, 0.2) is 0 Å². The van der Waals surface area contributed by atoms with Gasteiger partial charge in [-0.15, -0.1) is 0 Å². The molecule has 0 aliphatic rings. The number of aryl methyl sites for hydroxylation is 1. The minimum absolute atomic E-state index is 0.230. The molecule has 0 unspecified atom stereocenters. The van der Waals surface area contributed by atoms with Gasteiger partial charge < -0.3 is 10.0 Å². The normalized spacial score (nSPS) is 11.0. The van der Waals surface area contributed by atoms with E-state index in [2.05, 4.69) is 42.0 Å². The molecule has 0 aliphatic heterocycles. The highest BCUT2D eigenvalue weighted by atomic mass is 16.3. The fourth-order valence-corrected chi connectivity index (χ4v) is 2.26. The Labute approximate surface area is 125 Å². The van der Waals surface area contributed by atoms with Crippen LogP contribution < -0.4 is 4.90 Å². The van der Waals surface area contributed by atoms with Gasteiger partial charge in [-0.05, 0) is 68.8 Å². The SMILES string of the molecule is CCN(CC)c1ccc(N=Nc2ccc(O)cc2)cc1C. The lowest BCUT2D eigenvalue weighted by atomic mass is 10.1. The summed E-state index contributed by atoms with van der Waals surface area (Å²) in [6, 6.07) is 12.8. The van der Waals surface area contributed by atoms with Crippen molar-refractivity contribution in [3.05, 3.63) is 48.0 Å². The van der Waals surface area contributed by atoms with Crippen LogP contribution in [0.15, 0.2) is 52.7 Å². The highest BCUT2D eigenvalue weighted by Gasteiger charge is 2.05. The van der Waals surface area contributed by atoms with Crippen molar-refractivity contribution in [1.29, 1.82) is 0 Å². The Morgan fingerprint density at radius 3 is 2.05 bits per heavy atom. The van der Waals surface area contributed by atoms with E-state index in [-0.39, 0.29) is 5.75 Å². The number of hydrogen-bond acceptors (Lipinski definition) is 4. The molecule has 0 aliphatic carbocycles. The Morgan fingerprint density at radius 1 is 0.905 bits per heavy atom. The number of phenols is 1. The molecule has 4 nitrogen and oxygen atoms in total. The third-order valence-electron chi connectivity index (χ3n) is 3.42. The highest BCUT2D eigenvalue weighted by molar-refractivity contribution is 5.58.